The van der Waals surface area contributed by atoms with Crippen molar-refractivity contribution in [3.05, 3.63) is 65.7 Å². The second-order valence-electron chi connectivity index (χ2n) is 5.02. The Morgan fingerprint density at radius 1 is 1.00 bits per heavy atom. The summed E-state index contributed by atoms with van der Waals surface area (Å²) in [5.74, 6) is -0.215. The van der Waals surface area contributed by atoms with E-state index in [4.69, 9.17) is 0 Å². The van der Waals surface area contributed by atoms with Gasteiger partial charge in [-0.15, -0.1) is 0 Å². The number of carbonyl (C=O) groups excluding carboxylic acids is 1. The molecule has 0 aromatic heterocycles. The van der Waals surface area contributed by atoms with Crippen LogP contribution in [0.3, 0.4) is 0 Å². The van der Waals surface area contributed by atoms with Crippen molar-refractivity contribution in [2.24, 2.45) is 0 Å². The van der Waals surface area contributed by atoms with Crippen molar-refractivity contribution >= 4 is 15.9 Å². The Hall–Kier alpha value is -2.18. The lowest BCUT2D eigenvalue weighted by atomic mass is 10.1. The molecule has 0 spiro atoms. The summed E-state index contributed by atoms with van der Waals surface area (Å²) in [5, 5.41) is 2.83. The average Bonchev–Trinajstić information content (AvgIpc) is 2.56. The second kappa shape index (κ2) is 7.89. The summed E-state index contributed by atoms with van der Waals surface area (Å²) in [7, 11) is -3.49. The Morgan fingerprint density at radius 3 is 2.26 bits per heavy atom. The minimum Gasteiger partial charge on any atom is -0.352 e. The fraction of sp³-hybridized carbons (Fsp3) is 0.235. The third-order valence-corrected chi connectivity index (χ3v) is 4.86. The molecule has 6 heteroatoms. The van der Waals surface area contributed by atoms with Gasteiger partial charge in [-0.05, 0) is 36.2 Å². The van der Waals surface area contributed by atoms with E-state index in [9.17, 15) is 13.2 Å². The summed E-state index contributed by atoms with van der Waals surface area (Å²) in [5.41, 5.74) is 1.59. The van der Waals surface area contributed by atoms with E-state index in [1.807, 2.05) is 30.3 Å². The molecule has 0 atom stereocenters. The number of carbonyl (C=O) groups is 1. The molecule has 2 aromatic rings. The normalized spacial score (nSPS) is 11.2. The van der Waals surface area contributed by atoms with Crippen molar-refractivity contribution in [1.82, 2.24) is 10.0 Å². The lowest BCUT2D eigenvalue weighted by Gasteiger charge is -2.07. The summed E-state index contributed by atoms with van der Waals surface area (Å²) in [6, 6.07) is 15.8. The molecule has 0 unspecified atom stereocenters. The number of nitrogens with one attached hydrogen (secondary N) is 2. The molecule has 5 nitrogen and oxygen atoms in total. The Morgan fingerprint density at radius 2 is 1.65 bits per heavy atom. The van der Waals surface area contributed by atoms with Crippen molar-refractivity contribution in [2.45, 2.75) is 18.2 Å². The van der Waals surface area contributed by atoms with Gasteiger partial charge < -0.3 is 5.32 Å². The van der Waals surface area contributed by atoms with E-state index in [-0.39, 0.29) is 10.8 Å². The molecule has 0 aliphatic heterocycles. The first-order valence-corrected chi connectivity index (χ1v) is 8.93. The van der Waals surface area contributed by atoms with Crippen molar-refractivity contribution in [3.8, 4) is 0 Å². The third-order valence-electron chi connectivity index (χ3n) is 3.30. The highest BCUT2D eigenvalue weighted by atomic mass is 32.2. The van der Waals surface area contributed by atoms with Crippen LogP contribution in [0.2, 0.25) is 0 Å². The molecule has 2 rings (SSSR count). The number of hydrogen-bond donors (Lipinski definition) is 2. The first-order valence-electron chi connectivity index (χ1n) is 7.45. The van der Waals surface area contributed by atoms with E-state index in [0.717, 1.165) is 12.0 Å². The van der Waals surface area contributed by atoms with Crippen LogP contribution in [-0.4, -0.2) is 27.4 Å². The van der Waals surface area contributed by atoms with Gasteiger partial charge in [-0.2, -0.15) is 0 Å². The SMILES string of the molecule is CCNS(=O)(=O)c1ccc(C(=O)NCCc2ccccc2)cc1. The molecular weight excluding hydrogens is 312 g/mol. The van der Waals surface area contributed by atoms with E-state index in [0.29, 0.717) is 18.7 Å². The smallest absolute Gasteiger partial charge is 0.251 e. The molecule has 0 aliphatic carbocycles. The van der Waals surface area contributed by atoms with Crippen LogP contribution in [0.15, 0.2) is 59.5 Å². The van der Waals surface area contributed by atoms with Gasteiger partial charge in [0.1, 0.15) is 0 Å². The van der Waals surface area contributed by atoms with Crippen molar-refractivity contribution < 1.29 is 13.2 Å². The third kappa shape index (κ3) is 4.91. The maximum absolute atomic E-state index is 12.0. The lowest BCUT2D eigenvalue weighted by molar-refractivity contribution is 0.0954. The number of rotatable bonds is 7. The minimum absolute atomic E-state index is 0.153. The zero-order chi connectivity index (χ0) is 16.7. The van der Waals surface area contributed by atoms with Gasteiger partial charge in [0.2, 0.25) is 10.0 Å². The monoisotopic (exact) mass is 332 g/mol. The van der Waals surface area contributed by atoms with Crippen LogP contribution in [0.5, 0.6) is 0 Å². The second-order valence-corrected chi connectivity index (χ2v) is 6.78. The number of hydrogen-bond acceptors (Lipinski definition) is 3. The van der Waals surface area contributed by atoms with Crippen molar-refractivity contribution in [1.29, 1.82) is 0 Å². The van der Waals surface area contributed by atoms with Gasteiger partial charge in [-0.25, -0.2) is 13.1 Å². The predicted octanol–water partition coefficient (Wildman–Crippen LogP) is 1.96. The summed E-state index contributed by atoms with van der Waals surface area (Å²) >= 11 is 0. The van der Waals surface area contributed by atoms with Crippen molar-refractivity contribution in [2.75, 3.05) is 13.1 Å². The van der Waals surface area contributed by atoms with E-state index in [1.165, 1.54) is 24.3 Å². The Labute approximate surface area is 136 Å². The first-order chi connectivity index (χ1) is 11.0. The fourth-order valence-electron chi connectivity index (χ4n) is 2.13. The molecule has 0 fully saturated rings. The Balaban J connectivity index is 1.93. The molecule has 0 saturated carbocycles. The summed E-state index contributed by atoms with van der Waals surface area (Å²) in [6.07, 6.45) is 0.749. The lowest BCUT2D eigenvalue weighted by Crippen LogP contribution is -2.26. The number of amides is 1. The highest BCUT2D eigenvalue weighted by Gasteiger charge is 2.13. The molecule has 122 valence electrons. The quantitative estimate of drug-likeness (QED) is 0.814. The van der Waals surface area contributed by atoms with Gasteiger partial charge in [-0.3, -0.25) is 4.79 Å². The molecule has 2 aromatic carbocycles. The van der Waals surface area contributed by atoms with E-state index in [2.05, 4.69) is 10.0 Å². The fourth-order valence-corrected chi connectivity index (χ4v) is 3.17. The maximum atomic E-state index is 12.0. The Bertz CT molecular complexity index is 741. The van der Waals surface area contributed by atoms with Crippen LogP contribution in [0.4, 0.5) is 0 Å². The first kappa shape index (κ1) is 17.2. The van der Waals surface area contributed by atoms with Crippen LogP contribution in [-0.2, 0) is 16.4 Å². The molecule has 23 heavy (non-hydrogen) atoms. The van der Waals surface area contributed by atoms with Crippen LogP contribution in [0.25, 0.3) is 0 Å². The standard InChI is InChI=1S/C17H20N2O3S/c1-2-19-23(21,22)16-10-8-15(9-11-16)17(20)18-13-12-14-6-4-3-5-7-14/h3-11,19H,2,12-13H2,1H3,(H,18,20). The largest absolute Gasteiger partial charge is 0.352 e. The molecule has 0 radical (unpaired) electrons. The van der Waals surface area contributed by atoms with Gasteiger partial charge in [0.15, 0.2) is 0 Å². The zero-order valence-electron chi connectivity index (χ0n) is 13.0. The van der Waals surface area contributed by atoms with E-state index < -0.39 is 10.0 Å². The van der Waals surface area contributed by atoms with Crippen LogP contribution >= 0.6 is 0 Å². The minimum atomic E-state index is -3.49. The molecule has 0 aliphatic rings. The summed E-state index contributed by atoms with van der Waals surface area (Å²) in [6.45, 7) is 2.57. The van der Waals surface area contributed by atoms with E-state index in [1.54, 1.807) is 6.92 Å². The van der Waals surface area contributed by atoms with Gasteiger partial charge in [0.05, 0.1) is 4.90 Å². The highest BCUT2D eigenvalue weighted by molar-refractivity contribution is 7.89. The Kier molecular flexibility index (Phi) is 5.90. The van der Waals surface area contributed by atoms with Gasteiger partial charge in [-0.1, -0.05) is 37.3 Å². The summed E-state index contributed by atoms with van der Waals surface area (Å²) in [4.78, 5) is 12.2. The molecule has 0 heterocycles. The highest BCUT2D eigenvalue weighted by Crippen LogP contribution is 2.10. The van der Waals surface area contributed by atoms with Crippen LogP contribution < -0.4 is 10.0 Å². The van der Waals surface area contributed by atoms with Crippen LogP contribution in [0, 0.1) is 0 Å². The van der Waals surface area contributed by atoms with Gasteiger partial charge in [0, 0.05) is 18.7 Å². The number of benzene rings is 2. The van der Waals surface area contributed by atoms with Crippen LogP contribution in [0.1, 0.15) is 22.8 Å². The molecular formula is C17H20N2O3S. The average molecular weight is 332 g/mol. The topological polar surface area (TPSA) is 75.3 Å². The maximum Gasteiger partial charge on any atom is 0.251 e. The van der Waals surface area contributed by atoms with Gasteiger partial charge >= 0.3 is 0 Å². The molecule has 0 saturated heterocycles. The van der Waals surface area contributed by atoms with E-state index >= 15 is 0 Å². The molecule has 2 N–H and O–H groups in total. The predicted molar refractivity (Wildman–Crippen MR) is 89.8 cm³/mol. The number of sulfonamides is 1. The summed E-state index contributed by atoms with van der Waals surface area (Å²) < 4.78 is 26.1. The zero-order valence-corrected chi connectivity index (χ0v) is 13.8. The molecule has 0 bridgehead atoms. The van der Waals surface area contributed by atoms with Crippen molar-refractivity contribution in [3.63, 3.8) is 0 Å². The molecule has 1 amide bonds. The van der Waals surface area contributed by atoms with Gasteiger partial charge in [0.25, 0.3) is 5.91 Å².